The third-order valence-electron chi connectivity index (χ3n) is 2.96. The first-order chi connectivity index (χ1) is 9.11. The summed E-state index contributed by atoms with van der Waals surface area (Å²) in [7, 11) is 0. The molecule has 0 fully saturated rings. The molecular weight excluding hydrogens is 258 g/mol. The SMILES string of the molecule is CCCCOCC(O)CNC(C)Cc1ccc(C)s1. The van der Waals surface area contributed by atoms with Gasteiger partial charge >= 0.3 is 0 Å². The van der Waals surface area contributed by atoms with Gasteiger partial charge in [0.2, 0.25) is 0 Å². The summed E-state index contributed by atoms with van der Waals surface area (Å²) in [6.45, 7) is 8.19. The van der Waals surface area contributed by atoms with Gasteiger partial charge in [0.05, 0.1) is 12.7 Å². The molecule has 1 heterocycles. The fourth-order valence-electron chi connectivity index (χ4n) is 1.83. The molecule has 0 aliphatic carbocycles. The summed E-state index contributed by atoms with van der Waals surface area (Å²) >= 11 is 1.84. The van der Waals surface area contributed by atoms with Crippen LogP contribution in [0.25, 0.3) is 0 Å². The number of rotatable bonds is 10. The lowest BCUT2D eigenvalue weighted by Crippen LogP contribution is -2.37. The van der Waals surface area contributed by atoms with Gasteiger partial charge in [-0.15, -0.1) is 11.3 Å². The van der Waals surface area contributed by atoms with Crippen LogP contribution in [0.3, 0.4) is 0 Å². The first-order valence-electron chi connectivity index (χ1n) is 7.16. The molecule has 0 saturated heterocycles. The van der Waals surface area contributed by atoms with Crippen LogP contribution in [-0.4, -0.2) is 37.0 Å². The second-order valence-corrected chi connectivity index (χ2v) is 6.48. The minimum Gasteiger partial charge on any atom is -0.389 e. The number of hydrogen-bond donors (Lipinski definition) is 2. The van der Waals surface area contributed by atoms with Crippen LogP contribution < -0.4 is 5.32 Å². The Hall–Kier alpha value is -0.420. The quantitative estimate of drug-likeness (QED) is 0.650. The number of aryl methyl sites for hydroxylation is 1. The van der Waals surface area contributed by atoms with Crippen LogP contribution >= 0.6 is 11.3 Å². The molecule has 1 aromatic rings. The standard InChI is InChI=1S/C15H27NO2S/c1-4-5-8-18-11-14(17)10-16-12(2)9-15-7-6-13(3)19-15/h6-7,12,14,16-17H,4-5,8-11H2,1-3H3. The predicted molar refractivity (Wildman–Crippen MR) is 82.0 cm³/mol. The van der Waals surface area contributed by atoms with E-state index in [2.05, 4.69) is 38.2 Å². The van der Waals surface area contributed by atoms with Crippen LogP contribution in [-0.2, 0) is 11.2 Å². The first kappa shape index (κ1) is 16.6. The Labute approximate surface area is 121 Å². The van der Waals surface area contributed by atoms with Gasteiger partial charge < -0.3 is 15.2 Å². The molecule has 0 bridgehead atoms. The van der Waals surface area contributed by atoms with Crippen molar-refractivity contribution in [2.75, 3.05) is 19.8 Å². The molecule has 1 aromatic heterocycles. The second kappa shape index (κ2) is 9.48. The third-order valence-corrected chi connectivity index (χ3v) is 3.98. The van der Waals surface area contributed by atoms with Crippen LogP contribution in [0, 0.1) is 6.92 Å². The van der Waals surface area contributed by atoms with Gasteiger partial charge in [-0.3, -0.25) is 0 Å². The van der Waals surface area contributed by atoms with Gasteiger partial charge in [-0.25, -0.2) is 0 Å². The lowest BCUT2D eigenvalue weighted by molar-refractivity contribution is 0.0348. The van der Waals surface area contributed by atoms with E-state index in [-0.39, 0.29) is 0 Å². The smallest absolute Gasteiger partial charge is 0.0897 e. The minimum absolute atomic E-state index is 0.378. The highest BCUT2D eigenvalue weighted by Crippen LogP contribution is 2.16. The van der Waals surface area contributed by atoms with Gasteiger partial charge in [-0.1, -0.05) is 13.3 Å². The van der Waals surface area contributed by atoms with Crippen LogP contribution in [0.1, 0.15) is 36.4 Å². The largest absolute Gasteiger partial charge is 0.389 e. The molecule has 2 unspecified atom stereocenters. The van der Waals surface area contributed by atoms with Crippen LogP contribution in [0.5, 0.6) is 0 Å². The molecule has 0 amide bonds. The average Bonchev–Trinajstić information content (AvgIpc) is 2.77. The highest BCUT2D eigenvalue weighted by molar-refractivity contribution is 7.11. The zero-order chi connectivity index (χ0) is 14.1. The van der Waals surface area contributed by atoms with Crippen molar-refractivity contribution in [1.29, 1.82) is 0 Å². The van der Waals surface area contributed by atoms with Crippen molar-refractivity contribution in [3.05, 3.63) is 21.9 Å². The monoisotopic (exact) mass is 285 g/mol. The van der Waals surface area contributed by atoms with E-state index in [9.17, 15) is 5.11 Å². The van der Waals surface area contributed by atoms with Crippen molar-refractivity contribution in [3.63, 3.8) is 0 Å². The molecule has 2 N–H and O–H groups in total. The van der Waals surface area contributed by atoms with E-state index in [1.165, 1.54) is 9.75 Å². The van der Waals surface area contributed by atoms with Crippen LogP contribution in [0.2, 0.25) is 0 Å². The number of hydrogen-bond acceptors (Lipinski definition) is 4. The third kappa shape index (κ3) is 7.67. The molecule has 0 aliphatic heterocycles. The molecule has 19 heavy (non-hydrogen) atoms. The van der Waals surface area contributed by atoms with E-state index >= 15 is 0 Å². The topological polar surface area (TPSA) is 41.5 Å². The second-order valence-electron chi connectivity index (χ2n) is 5.11. The maximum absolute atomic E-state index is 9.78. The molecule has 0 aromatic carbocycles. The summed E-state index contributed by atoms with van der Waals surface area (Å²) in [6, 6.07) is 4.72. The molecular formula is C15H27NO2S. The molecule has 1 rings (SSSR count). The number of ether oxygens (including phenoxy) is 1. The van der Waals surface area contributed by atoms with E-state index in [0.717, 1.165) is 25.9 Å². The number of thiophene rings is 1. The maximum Gasteiger partial charge on any atom is 0.0897 e. The van der Waals surface area contributed by atoms with Crippen molar-refractivity contribution in [2.24, 2.45) is 0 Å². The van der Waals surface area contributed by atoms with Gasteiger partial charge in [-0.2, -0.15) is 0 Å². The maximum atomic E-state index is 9.78. The number of aliphatic hydroxyl groups is 1. The molecule has 0 spiro atoms. The van der Waals surface area contributed by atoms with Crippen molar-refractivity contribution >= 4 is 11.3 Å². The highest BCUT2D eigenvalue weighted by atomic mass is 32.1. The Kier molecular flexibility index (Phi) is 8.30. The van der Waals surface area contributed by atoms with Crippen molar-refractivity contribution in [3.8, 4) is 0 Å². The summed E-state index contributed by atoms with van der Waals surface area (Å²) in [5, 5.41) is 13.1. The molecule has 2 atom stereocenters. The van der Waals surface area contributed by atoms with Gasteiger partial charge in [0.1, 0.15) is 0 Å². The minimum atomic E-state index is -0.413. The zero-order valence-electron chi connectivity index (χ0n) is 12.3. The summed E-state index contributed by atoms with van der Waals surface area (Å²) in [4.78, 5) is 2.75. The predicted octanol–water partition coefficient (Wildman–Crippen LogP) is 2.75. The van der Waals surface area contributed by atoms with Gasteiger partial charge in [0.25, 0.3) is 0 Å². The first-order valence-corrected chi connectivity index (χ1v) is 7.98. The molecule has 0 radical (unpaired) electrons. The van der Waals surface area contributed by atoms with E-state index in [1.807, 2.05) is 11.3 Å². The van der Waals surface area contributed by atoms with Crippen molar-refractivity contribution in [1.82, 2.24) is 5.32 Å². The Morgan fingerprint density at radius 2 is 2.21 bits per heavy atom. The zero-order valence-corrected chi connectivity index (χ0v) is 13.1. The fraction of sp³-hybridized carbons (Fsp3) is 0.733. The van der Waals surface area contributed by atoms with Gasteiger partial charge in [-0.05, 0) is 38.8 Å². The highest BCUT2D eigenvalue weighted by Gasteiger charge is 2.08. The molecule has 3 nitrogen and oxygen atoms in total. The lowest BCUT2D eigenvalue weighted by Gasteiger charge is -2.16. The van der Waals surface area contributed by atoms with E-state index in [1.54, 1.807) is 0 Å². The average molecular weight is 285 g/mol. The Morgan fingerprint density at radius 1 is 1.42 bits per heavy atom. The molecule has 4 heteroatoms. The summed E-state index contributed by atoms with van der Waals surface area (Å²) < 4.78 is 5.40. The van der Waals surface area contributed by atoms with E-state index in [4.69, 9.17) is 4.74 Å². The number of nitrogens with one attached hydrogen (secondary N) is 1. The summed E-state index contributed by atoms with van der Waals surface area (Å²) in [6.07, 6.45) is 2.80. The fourth-order valence-corrected chi connectivity index (χ4v) is 2.85. The summed E-state index contributed by atoms with van der Waals surface area (Å²) in [5.41, 5.74) is 0. The van der Waals surface area contributed by atoms with Crippen molar-refractivity contribution in [2.45, 2.75) is 52.2 Å². The van der Waals surface area contributed by atoms with Crippen LogP contribution in [0.15, 0.2) is 12.1 Å². The molecule has 0 aliphatic rings. The number of aliphatic hydroxyl groups excluding tert-OH is 1. The van der Waals surface area contributed by atoms with E-state index in [0.29, 0.717) is 19.2 Å². The van der Waals surface area contributed by atoms with Crippen LogP contribution in [0.4, 0.5) is 0 Å². The molecule has 0 saturated carbocycles. The number of unbranched alkanes of at least 4 members (excludes halogenated alkanes) is 1. The van der Waals surface area contributed by atoms with Crippen molar-refractivity contribution < 1.29 is 9.84 Å². The van der Waals surface area contributed by atoms with Gasteiger partial charge in [0.15, 0.2) is 0 Å². The Balaban J connectivity index is 2.10. The summed E-state index contributed by atoms with van der Waals surface area (Å²) in [5.74, 6) is 0. The van der Waals surface area contributed by atoms with Gasteiger partial charge in [0, 0.05) is 28.9 Å². The molecule has 110 valence electrons. The normalized spacial score (nSPS) is 14.5. The Bertz CT molecular complexity index is 341. The van der Waals surface area contributed by atoms with E-state index < -0.39 is 6.10 Å². The lowest BCUT2D eigenvalue weighted by atomic mass is 10.2. The Morgan fingerprint density at radius 3 is 2.84 bits per heavy atom.